The van der Waals surface area contributed by atoms with Gasteiger partial charge in [0.15, 0.2) is 6.10 Å². The third kappa shape index (κ3) is 5.76. The van der Waals surface area contributed by atoms with Crippen LogP contribution in [0.1, 0.15) is 43.4 Å². The first kappa shape index (κ1) is 26.7. The van der Waals surface area contributed by atoms with Crippen LogP contribution in [0, 0.1) is 0 Å². The maximum Gasteiger partial charge on any atom is 0.356 e. The van der Waals surface area contributed by atoms with Crippen molar-refractivity contribution in [1.82, 2.24) is 10.2 Å². The van der Waals surface area contributed by atoms with E-state index >= 15 is 0 Å². The first-order valence-electron chi connectivity index (χ1n) is 13.0. The number of esters is 1. The molecule has 8 heteroatoms. The number of nitrogens with one attached hydrogen (secondary N) is 1. The Hall–Kier alpha value is -3.91. The van der Waals surface area contributed by atoms with Crippen LogP contribution in [0.15, 0.2) is 101 Å². The van der Waals surface area contributed by atoms with E-state index in [0.29, 0.717) is 16.9 Å². The molecule has 0 aromatic heterocycles. The normalized spacial score (nSPS) is 21.4. The fourth-order valence-electron chi connectivity index (χ4n) is 4.92. The summed E-state index contributed by atoms with van der Waals surface area (Å²) in [6.07, 6.45) is 6.06. The number of ether oxygens (including phenoxy) is 1. The van der Waals surface area contributed by atoms with Gasteiger partial charge < -0.3 is 10.1 Å². The van der Waals surface area contributed by atoms with Gasteiger partial charge in [-0.05, 0) is 36.5 Å². The van der Waals surface area contributed by atoms with Crippen LogP contribution in [-0.2, 0) is 19.1 Å². The Balaban J connectivity index is 1.34. The Morgan fingerprint density at radius 1 is 1.10 bits per heavy atom. The summed E-state index contributed by atoms with van der Waals surface area (Å²) in [6, 6.07) is 18.3. The van der Waals surface area contributed by atoms with Gasteiger partial charge in [0.25, 0.3) is 5.91 Å². The van der Waals surface area contributed by atoms with Crippen molar-refractivity contribution in [3.8, 4) is 0 Å². The Kier molecular flexibility index (Phi) is 8.12. The van der Waals surface area contributed by atoms with Crippen LogP contribution in [0.4, 0.5) is 0 Å². The molecule has 2 aromatic rings. The molecule has 2 amide bonds. The van der Waals surface area contributed by atoms with Crippen molar-refractivity contribution in [2.24, 2.45) is 4.99 Å². The highest BCUT2D eigenvalue weighted by Gasteiger charge is 2.54. The van der Waals surface area contributed by atoms with Gasteiger partial charge in [0.05, 0.1) is 0 Å². The van der Waals surface area contributed by atoms with Crippen LogP contribution in [0.25, 0.3) is 0 Å². The SMILES string of the molecule is C=C(C)C1=C(C(=O)OC(c2ccccc2)c2ccccc2)N2C(=O)C(NC(=O)CN=C3CC=CCC3)[C@@H]2SC1. The van der Waals surface area contributed by atoms with Crippen LogP contribution < -0.4 is 5.32 Å². The van der Waals surface area contributed by atoms with E-state index in [1.54, 1.807) is 0 Å². The average molecular weight is 542 g/mol. The van der Waals surface area contributed by atoms with Gasteiger partial charge in [0.2, 0.25) is 5.91 Å². The van der Waals surface area contributed by atoms with E-state index in [1.165, 1.54) is 16.7 Å². The highest BCUT2D eigenvalue weighted by molar-refractivity contribution is 8.00. The smallest absolute Gasteiger partial charge is 0.356 e. The van der Waals surface area contributed by atoms with E-state index in [9.17, 15) is 14.4 Å². The molecule has 2 aliphatic heterocycles. The Bertz CT molecular complexity index is 1330. The first-order valence-corrected chi connectivity index (χ1v) is 14.1. The zero-order valence-electron chi connectivity index (χ0n) is 21.8. The van der Waals surface area contributed by atoms with E-state index < -0.39 is 23.5 Å². The maximum atomic E-state index is 13.8. The second-order valence-electron chi connectivity index (χ2n) is 9.77. The number of β-lactam (4-membered cyclic amide) rings is 1. The molecule has 2 heterocycles. The zero-order valence-corrected chi connectivity index (χ0v) is 22.7. The van der Waals surface area contributed by atoms with Gasteiger partial charge in [-0.2, -0.15) is 0 Å². The lowest BCUT2D eigenvalue weighted by Crippen LogP contribution is -2.70. The van der Waals surface area contributed by atoms with Crippen molar-refractivity contribution in [1.29, 1.82) is 0 Å². The third-order valence-corrected chi connectivity index (χ3v) is 8.27. The number of allylic oxidation sites excluding steroid dienone is 3. The van der Waals surface area contributed by atoms with Crippen LogP contribution >= 0.6 is 11.8 Å². The molecule has 1 fully saturated rings. The van der Waals surface area contributed by atoms with Crippen LogP contribution in [-0.4, -0.2) is 52.1 Å². The quantitative estimate of drug-likeness (QED) is 0.297. The molecule has 1 unspecified atom stereocenters. The number of carbonyl (C=O) groups excluding carboxylic acids is 3. The van der Waals surface area contributed by atoms with Crippen molar-refractivity contribution in [3.63, 3.8) is 0 Å². The van der Waals surface area contributed by atoms with E-state index in [1.807, 2.05) is 67.6 Å². The second-order valence-corrected chi connectivity index (χ2v) is 10.9. The number of rotatable bonds is 8. The minimum absolute atomic E-state index is 0.0120. The summed E-state index contributed by atoms with van der Waals surface area (Å²) >= 11 is 1.50. The topological polar surface area (TPSA) is 88.1 Å². The summed E-state index contributed by atoms with van der Waals surface area (Å²) in [6.45, 7) is 5.85. The molecule has 0 spiro atoms. The fraction of sp³-hybridized carbons (Fsp3) is 0.290. The van der Waals surface area contributed by atoms with E-state index in [4.69, 9.17) is 4.74 Å². The molecule has 0 saturated carbocycles. The monoisotopic (exact) mass is 541 g/mol. The van der Waals surface area contributed by atoms with Gasteiger partial charge in [0, 0.05) is 17.9 Å². The van der Waals surface area contributed by atoms with Gasteiger partial charge in [-0.25, -0.2) is 4.79 Å². The molecule has 5 rings (SSSR count). The third-order valence-electron chi connectivity index (χ3n) is 6.99. The highest BCUT2D eigenvalue weighted by Crippen LogP contribution is 2.43. The number of amides is 2. The van der Waals surface area contributed by atoms with Crippen molar-refractivity contribution < 1.29 is 19.1 Å². The molecule has 2 atom stereocenters. The average Bonchev–Trinajstić information content (AvgIpc) is 2.98. The Labute approximate surface area is 232 Å². The van der Waals surface area contributed by atoms with Crippen LogP contribution in [0.2, 0.25) is 0 Å². The molecule has 2 aromatic carbocycles. The first-order chi connectivity index (χ1) is 18.9. The number of hydrogen-bond donors (Lipinski definition) is 1. The van der Waals surface area contributed by atoms with E-state index in [2.05, 4.69) is 29.0 Å². The predicted molar refractivity (Wildman–Crippen MR) is 153 cm³/mol. The van der Waals surface area contributed by atoms with Gasteiger partial charge >= 0.3 is 5.97 Å². The zero-order chi connectivity index (χ0) is 27.4. The minimum Gasteiger partial charge on any atom is -0.448 e. The largest absolute Gasteiger partial charge is 0.448 e. The molecule has 39 heavy (non-hydrogen) atoms. The van der Waals surface area contributed by atoms with E-state index in [0.717, 1.165) is 36.1 Å². The Morgan fingerprint density at radius 3 is 2.36 bits per heavy atom. The lowest BCUT2D eigenvalue weighted by molar-refractivity contribution is -0.154. The molecule has 7 nitrogen and oxygen atoms in total. The Morgan fingerprint density at radius 2 is 1.77 bits per heavy atom. The summed E-state index contributed by atoms with van der Waals surface area (Å²) in [5.41, 5.74) is 4.22. The van der Waals surface area contributed by atoms with Crippen LogP contribution in [0.5, 0.6) is 0 Å². The van der Waals surface area contributed by atoms with Crippen molar-refractivity contribution in [3.05, 3.63) is 107 Å². The standard InChI is InChI=1S/C31H31N3O4S/c1-20(2)24-19-39-30-26(33-25(35)18-32-23-16-10-5-11-17-23)29(36)34(30)27(24)31(37)38-28(21-12-6-3-7-13-21)22-14-8-4-9-15-22/h3-10,12-15,26,28,30H,1,11,16-19H2,2H3,(H,33,35)/t26?,30-/m0/s1. The summed E-state index contributed by atoms with van der Waals surface area (Å²) in [5.74, 6) is -0.750. The number of benzene rings is 2. The number of carbonyl (C=O) groups is 3. The minimum atomic E-state index is -0.720. The highest BCUT2D eigenvalue weighted by atomic mass is 32.2. The molecule has 0 radical (unpaired) electrons. The molecule has 1 saturated heterocycles. The second kappa shape index (κ2) is 11.9. The lowest BCUT2D eigenvalue weighted by atomic mass is 9.99. The summed E-state index contributed by atoms with van der Waals surface area (Å²) in [4.78, 5) is 45.6. The fourth-order valence-corrected chi connectivity index (χ4v) is 6.37. The molecule has 200 valence electrons. The molecule has 1 aliphatic carbocycles. The number of aliphatic imine (C=N–C) groups is 1. The molecular formula is C31H31N3O4S. The van der Waals surface area contributed by atoms with Gasteiger partial charge in [-0.1, -0.05) is 85.0 Å². The van der Waals surface area contributed by atoms with E-state index in [-0.39, 0.29) is 24.1 Å². The summed E-state index contributed by atoms with van der Waals surface area (Å²) in [7, 11) is 0. The summed E-state index contributed by atoms with van der Waals surface area (Å²) in [5, 5.41) is 2.43. The van der Waals surface area contributed by atoms with Crippen molar-refractivity contribution in [2.45, 2.75) is 43.7 Å². The van der Waals surface area contributed by atoms with Gasteiger partial charge in [-0.15, -0.1) is 11.8 Å². The maximum absolute atomic E-state index is 13.8. The van der Waals surface area contributed by atoms with Crippen molar-refractivity contribution in [2.75, 3.05) is 12.3 Å². The van der Waals surface area contributed by atoms with Gasteiger partial charge in [0.1, 0.15) is 23.7 Å². The number of hydrogen-bond acceptors (Lipinski definition) is 6. The molecule has 0 bridgehead atoms. The summed E-state index contributed by atoms with van der Waals surface area (Å²) < 4.78 is 6.11. The number of thioether (sulfide) groups is 1. The van der Waals surface area contributed by atoms with Crippen molar-refractivity contribution >= 4 is 35.3 Å². The van der Waals surface area contributed by atoms with Crippen LogP contribution in [0.3, 0.4) is 0 Å². The number of fused-ring (bicyclic) bond motifs is 1. The van der Waals surface area contributed by atoms with Gasteiger partial charge in [-0.3, -0.25) is 19.5 Å². The number of nitrogens with zero attached hydrogens (tertiary/aromatic N) is 2. The molecule has 1 N–H and O–H groups in total. The predicted octanol–water partition coefficient (Wildman–Crippen LogP) is 4.73. The lowest BCUT2D eigenvalue weighted by Gasteiger charge is -2.50. The molecule has 3 aliphatic rings. The molecular weight excluding hydrogens is 510 g/mol.